The molecule has 0 saturated heterocycles. The first-order valence-electron chi connectivity index (χ1n) is 8.18. The number of ether oxygens (including phenoxy) is 1. The van der Waals surface area contributed by atoms with Gasteiger partial charge in [-0.3, -0.25) is 4.79 Å². The summed E-state index contributed by atoms with van der Waals surface area (Å²) in [5.74, 6) is 0.0525. The van der Waals surface area contributed by atoms with Crippen molar-refractivity contribution < 1.29 is 14.6 Å². The molecule has 138 valence electrons. The second kappa shape index (κ2) is 8.55. The summed E-state index contributed by atoms with van der Waals surface area (Å²) in [4.78, 5) is 12.0. The van der Waals surface area contributed by atoms with Crippen LogP contribution in [0.3, 0.4) is 0 Å². The Labute approximate surface area is 165 Å². The lowest BCUT2D eigenvalue weighted by Gasteiger charge is -2.09. The molecule has 0 bridgehead atoms. The molecule has 0 unspecified atom stereocenters. The number of hydrogen-bond acceptors (Lipinski definition) is 5. The summed E-state index contributed by atoms with van der Waals surface area (Å²) in [5, 5.41) is 19.0. The molecule has 0 aliphatic rings. The van der Waals surface area contributed by atoms with Crippen LogP contribution in [0.4, 0.5) is 5.69 Å². The van der Waals surface area contributed by atoms with Crippen molar-refractivity contribution in [1.82, 2.24) is 5.43 Å². The van der Waals surface area contributed by atoms with Crippen molar-refractivity contribution >= 4 is 44.5 Å². The zero-order valence-electron chi connectivity index (χ0n) is 14.6. The number of hydrazone groups is 1. The molecule has 0 heterocycles. The molecule has 0 aromatic heterocycles. The van der Waals surface area contributed by atoms with Crippen LogP contribution in [-0.4, -0.2) is 30.9 Å². The number of phenols is 1. The van der Waals surface area contributed by atoms with Crippen LogP contribution in [0.2, 0.25) is 0 Å². The molecule has 27 heavy (non-hydrogen) atoms. The molecule has 0 spiro atoms. The van der Waals surface area contributed by atoms with E-state index < -0.39 is 0 Å². The fourth-order valence-electron chi connectivity index (χ4n) is 2.60. The van der Waals surface area contributed by atoms with Crippen molar-refractivity contribution in [2.45, 2.75) is 0 Å². The first kappa shape index (κ1) is 18.7. The Morgan fingerprint density at radius 3 is 2.81 bits per heavy atom. The normalized spacial score (nSPS) is 10.9. The number of fused-ring (bicyclic) bond motifs is 1. The van der Waals surface area contributed by atoms with E-state index in [0.717, 1.165) is 16.5 Å². The topological polar surface area (TPSA) is 83.0 Å². The quantitative estimate of drug-likeness (QED) is 0.411. The molecule has 0 aliphatic heterocycles. The highest BCUT2D eigenvalue weighted by atomic mass is 79.9. The number of carbonyl (C=O) groups excluding carboxylic acids is 1. The molecule has 0 aliphatic carbocycles. The molecule has 0 atom stereocenters. The molecule has 3 rings (SSSR count). The van der Waals surface area contributed by atoms with Crippen molar-refractivity contribution in [1.29, 1.82) is 0 Å². The van der Waals surface area contributed by atoms with E-state index in [1.807, 2.05) is 42.5 Å². The Morgan fingerprint density at radius 1 is 1.22 bits per heavy atom. The van der Waals surface area contributed by atoms with Gasteiger partial charge in [0, 0.05) is 11.1 Å². The smallest absolute Gasteiger partial charge is 0.259 e. The summed E-state index contributed by atoms with van der Waals surface area (Å²) in [6.45, 7) is 0.0912. The monoisotopic (exact) mass is 427 g/mol. The fourth-order valence-corrected chi connectivity index (χ4v) is 3.06. The highest BCUT2D eigenvalue weighted by Crippen LogP contribution is 2.34. The minimum Gasteiger partial charge on any atom is -0.503 e. The number of methoxy groups -OCH3 is 1. The van der Waals surface area contributed by atoms with Gasteiger partial charge in [0.05, 0.1) is 24.3 Å². The maximum atomic E-state index is 12.0. The number of halogens is 1. The molecule has 6 nitrogen and oxygen atoms in total. The van der Waals surface area contributed by atoms with Gasteiger partial charge in [0.1, 0.15) is 0 Å². The number of amides is 1. The van der Waals surface area contributed by atoms with Crippen LogP contribution in [0, 0.1) is 0 Å². The number of benzene rings is 3. The Hall–Kier alpha value is -3.06. The van der Waals surface area contributed by atoms with Crippen molar-refractivity contribution in [3.8, 4) is 11.5 Å². The standard InChI is InChI=1S/C20H18BrN3O3/c1-27-18-10-13(9-16(21)20(18)26)11-23-24-19(25)12-22-17-8-4-6-14-5-2-3-7-15(14)17/h2-11,22,26H,12H2,1H3,(H,24,25)/b23-11-. The Kier molecular flexibility index (Phi) is 5.93. The molecule has 0 fully saturated rings. The van der Waals surface area contributed by atoms with Crippen LogP contribution < -0.4 is 15.5 Å². The lowest BCUT2D eigenvalue weighted by molar-refractivity contribution is -0.119. The van der Waals surface area contributed by atoms with E-state index in [9.17, 15) is 9.90 Å². The molecule has 0 saturated carbocycles. The average Bonchev–Trinajstić information content (AvgIpc) is 2.68. The number of aromatic hydroxyl groups is 1. The van der Waals surface area contributed by atoms with E-state index in [2.05, 4.69) is 31.8 Å². The molecule has 1 amide bonds. The van der Waals surface area contributed by atoms with Crippen LogP contribution >= 0.6 is 15.9 Å². The lowest BCUT2D eigenvalue weighted by atomic mass is 10.1. The Morgan fingerprint density at radius 2 is 2.00 bits per heavy atom. The van der Waals surface area contributed by atoms with Crippen LogP contribution in [0.15, 0.2) is 64.2 Å². The number of nitrogens with zero attached hydrogens (tertiary/aromatic N) is 1. The summed E-state index contributed by atoms with van der Waals surface area (Å²) in [5.41, 5.74) is 4.02. The summed E-state index contributed by atoms with van der Waals surface area (Å²) in [7, 11) is 1.46. The molecule has 3 N–H and O–H groups in total. The highest BCUT2D eigenvalue weighted by molar-refractivity contribution is 9.10. The number of phenolic OH excluding ortho intramolecular Hbond substituents is 1. The highest BCUT2D eigenvalue weighted by Gasteiger charge is 2.08. The van der Waals surface area contributed by atoms with Crippen molar-refractivity contribution in [2.75, 3.05) is 19.0 Å². The van der Waals surface area contributed by atoms with Crippen LogP contribution in [0.1, 0.15) is 5.56 Å². The van der Waals surface area contributed by atoms with Gasteiger partial charge in [-0.15, -0.1) is 0 Å². The van der Waals surface area contributed by atoms with Crippen molar-refractivity contribution in [2.24, 2.45) is 5.10 Å². The van der Waals surface area contributed by atoms with E-state index in [4.69, 9.17) is 4.74 Å². The summed E-state index contributed by atoms with van der Waals surface area (Å²) in [6.07, 6.45) is 1.47. The number of anilines is 1. The zero-order chi connectivity index (χ0) is 19.2. The van der Waals surface area contributed by atoms with E-state index in [1.165, 1.54) is 13.3 Å². The van der Waals surface area contributed by atoms with Crippen LogP contribution in [-0.2, 0) is 4.79 Å². The minimum absolute atomic E-state index is 0.0120. The van der Waals surface area contributed by atoms with Crippen molar-refractivity contribution in [3.05, 3.63) is 64.6 Å². The lowest BCUT2D eigenvalue weighted by Crippen LogP contribution is -2.25. The van der Waals surface area contributed by atoms with Gasteiger partial charge in [0.2, 0.25) is 0 Å². The third kappa shape index (κ3) is 4.57. The average molecular weight is 428 g/mol. The number of hydrogen-bond donors (Lipinski definition) is 3. The van der Waals surface area contributed by atoms with Gasteiger partial charge >= 0.3 is 0 Å². The first-order chi connectivity index (χ1) is 13.1. The maximum Gasteiger partial charge on any atom is 0.259 e. The van der Waals surface area contributed by atoms with Gasteiger partial charge in [-0.1, -0.05) is 36.4 Å². The second-order valence-corrected chi connectivity index (χ2v) is 6.58. The third-order valence-corrected chi connectivity index (χ3v) is 4.51. The van der Waals surface area contributed by atoms with Gasteiger partial charge < -0.3 is 15.2 Å². The number of rotatable bonds is 6. The third-order valence-electron chi connectivity index (χ3n) is 3.90. The second-order valence-electron chi connectivity index (χ2n) is 5.73. The number of nitrogens with one attached hydrogen (secondary N) is 2. The molecular formula is C20H18BrN3O3. The first-order valence-corrected chi connectivity index (χ1v) is 8.98. The maximum absolute atomic E-state index is 12.0. The molecule has 3 aromatic rings. The summed E-state index contributed by atoms with van der Waals surface area (Å²) < 4.78 is 5.56. The minimum atomic E-state index is -0.274. The summed E-state index contributed by atoms with van der Waals surface area (Å²) >= 11 is 3.24. The predicted molar refractivity (Wildman–Crippen MR) is 111 cm³/mol. The van der Waals surface area contributed by atoms with E-state index in [-0.39, 0.29) is 18.2 Å². The largest absolute Gasteiger partial charge is 0.503 e. The molecule has 0 radical (unpaired) electrons. The molecular weight excluding hydrogens is 410 g/mol. The predicted octanol–water partition coefficient (Wildman–Crippen LogP) is 3.88. The van der Waals surface area contributed by atoms with Gasteiger partial charge in [-0.05, 0) is 45.1 Å². The van der Waals surface area contributed by atoms with Gasteiger partial charge in [0.15, 0.2) is 11.5 Å². The molecule has 7 heteroatoms. The van der Waals surface area contributed by atoms with E-state index >= 15 is 0 Å². The molecule has 3 aromatic carbocycles. The van der Waals surface area contributed by atoms with Gasteiger partial charge in [-0.25, -0.2) is 5.43 Å². The number of carbonyl (C=O) groups is 1. The zero-order valence-corrected chi connectivity index (χ0v) is 16.2. The van der Waals surface area contributed by atoms with Gasteiger partial charge in [-0.2, -0.15) is 5.10 Å². The van der Waals surface area contributed by atoms with E-state index in [1.54, 1.807) is 12.1 Å². The van der Waals surface area contributed by atoms with Crippen LogP contribution in [0.25, 0.3) is 10.8 Å². The van der Waals surface area contributed by atoms with E-state index in [0.29, 0.717) is 15.8 Å². The Balaban J connectivity index is 1.60. The Bertz CT molecular complexity index is 1000. The van der Waals surface area contributed by atoms with Gasteiger partial charge in [0.25, 0.3) is 5.91 Å². The van der Waals surface area contributed by atoms with Crippen LogP contribution in [0.5, 0.6) is 11.5 Å². The summed E-state index contributed by atoms with van der Waals surface area (Å²) in [6, 6.07) is 17.1. The SMILES string of the molecule is COc1cc(/C=N\NC(=O)CNc2cccc3ccccc23)cc(Br)c1O. The van der Waals surface area contributed by atoms with Crippen molar-refractivity contribution in [3.63, 3.8) is 0 Å². The fraction of sp³-hybridized carbons (Fsp3) is 0.100.